The molecule has 1 aliphatic rings. The van der Waals surface area contributed by atoms with Gasteiger partial charge in [0.2, 0.25) is 0 Å². The van der Waals surface area contributed by atoms with Crippen molar-refractivity contribution < 1.29 is 14.3 Å². The molecule has 2 atom stereocenters. The molecule has 0 unspecified atom stereocenters. The van der Waals surface area contributed by atoms with Crippen molar-refractivity contribution in [3.63, 3.8) is 0 Å². The van der Waals surface area contributed by atoms with E-state index in [1.807, 2.05) is 91.0 Å². The van der Waals surface area contributed by atoms with Crippen molar-refractivity contribution >= 4 is 6.09 Å². The van der Waals surface area contributed by atoms with E-state index in [1.165, 1.54) is 4.90 Å². The van der Waals surface area contributed by atoms with Crippen molar-refractivity contribution in [2.24, 2.45) is 5.11 Å². The molecular weight excluding hydrogens is 440 g/mol. The van der Waals surface area contributed by atoms with Crippen LogP contribution in [0.25, 0.3) is 10.4 Å². The lowest BCUT2D eigenvalue weighted by atomic mass is 9.80. The Morgan fingerprint density at radius 1 is 0.971 bits per heavy atom. The number of carbonyl (C=O) groups is 1. The van der Waals surface area contributed by atoms with Crippen molar-refractivity contribution in [1.82, 2.24) is 4.90 Å². The standard InChI is InChI=1S/C28H26N4O3/c1-2-3-19-32-25(20-30-31-29)26(35-27(32)33)21-34-28(22-13-7-4-8-14-22,23-15-9-5-10-16-23)24-17-11-6-12-18-24/h4-18,25-26H,19-21H2,1H3/t25-,26-/m1/s1. The maximum atomic E-state index is 12.6. The summed E-state index contributed by atoms with van der Waals surface area (Å²) in [6.45, 7) is 2.06. The summed E-state index contributed by atoms with van der Waals surface area (Å²) in [6, 6.07) is 29.4. The van der Waals surface area contributed by atoms with Gasteiger partial charge in [-0.2, -0.15) is 0 Å². The van der Waals surface area contributed by atoms with E-state index in [0.29, 0.717) is 0 Å². The monoisotopic (exact) mass is 466 g/mol. The van der Waals surface area contributed by atoms with Crippen LogP contribution in [0.2, 0.25) is 0 Å². The number of ether oxygens (including phenoxy) is 2. The SMILES string of the molecule is CC#CCN1C(=O)O[C@H](COC(c2ccccc2)(c2ccccc2)c2ccccc2)[C@H]1CN=[N+]=[N-]. The summed E-state index contributed by atoms with van der Waals surface area (Å²) < 4.78 is 12.5. The van der Waals surface area contributed by atoms with Gasteiger partial charge in [0.25, 0.3) is 0 Å². The van der Waals surface area contributed by atoms with Crippen molar-refractivity contribution in [2.75, 3.05) is 19.7 Å². The molecule has 4 rings (SSSR count). The molecule has 1 amide bonds. The molecule has 0 saturated carbocycles. The molecule has 7 heteroatoms. The molecule has 0 aromatic heterocycles. The van der Waals surface area contributed by atoms with Crippen LogP contribution in [0.5, 0.6) is 0 Å². The number of hydrogen-bond acceptors (Lipinski definition) is 4. The van der Waals surface area contributed by atoms with Crippen LogP contribution in [0.1, 0.15) is 23.6 Å². The van der Waals surface area contributed by atoms with Gasteiger partial charge in [-0.05, 0) is 29.1 Å². The highest BCUT2D eigenvalue weighted by Crippen LogP contribution is 2.41. The number of amides is 1. The lowest BCUT2D eigenvalue weighted by molar-refractivity contribution is -0.0368. The van der Waals surface area contributed by atoms with Crippen LogP contribution in [0.3, 0.4) is 0 Å². The average Bonchev–Trinajstić information content (AvgIpc) is 3.22. The Kier molecular flexibility index (Phi) is 7.69. The second-order valence-corrected chi connectivity index (χ2v) is 8.05. The Morgan fingerprint density at radius 3 is 1.94 bits per heavy atom. The minimum Gasteiger partial charge on any atom is -0.441 e. The van der Waals surface area contributed by atoms with Crippen LogP contribution in [0.4, 0.5) is 4.79 Å². The van der Waals surface area contributed by atoms with E-state index in [9.17, 15) is 4.79 Å². The quantitative estimate of drug-likeness (QED) is 0.137. The molecule has 3 aromatic rings. The first-order valence-electron chi connectivity index (χ1n) is 11.4. The summed E-state index contributed by atoms with van der Waals surface area (Å²) in [5, 5.41) is 3.72. The second kappa shape index (κ2) is 11.3. The summed E-state index contributed by atoms with van der Waals surface area (Å²) in [5.74, 6) is 5.69. The maximum Gasteiger partial charge on any atom is 0.411 e. The molecule has 1 heterocycles. The lowest BCUT2D eigenvalue weighted by Gasteiger charge is -2.37. The van der Waals surface area contributed by atoms with E-state index in [2.05, 4.69) is 21.9 Å². The van der Waals surface area contributed by atoms with Crippen LogP contribution < -0.4 is 0 Å². The van der Waals surface area contributed by atoms with Crippen LogP contribution in [-0.2, 0) is 15.1 Å². The molecule has 0 radical (unpaired) electrons. The predicted molar refractivity (Wildman–Crippen MR) is 133 cm³/mol. The topological polar surface area (TPSA) is 87.5 Å². The highest BCUT2D eigenvalue weighted by Gasteiger charge is 2.44. The Bertz CT molecular complexity index is 1140. The number of rotatable bonds is 9. The summed E-state index contributed by atoms with van der Waals surface area (Å²) in [6.07, 6.45) is -1.13. The fourth-order valence-electron chi connectivity index (χ4n) is 4.41. The molecule has 0 bridgehead atoms. The molecule has 1 aliphatic heterocycles. The summed E-state index contributed by atoms with van der Waals surface area (Å²) in [5.41, 5.74) is 10.8. The van der Waals surface area contributed by atoms with Crippen LogP contribution >= 0.6 is 0 Å². The molecule has 0 N–H and O–H groups in total. The fraction of sp³-hybridized carbons (Fsp3) is 0.250. The molecule has 0 aliphatic carbocycles. The molecule has 3 aromatic carbocycles. The van der Waals surface area contributed by atoms with E-state index in [1.54, 1.807) is 6.92 Å². The van der Waals surface area contributed by atoms with Crippen LogP contribution in [0.15, 0.2) is 96.1 Å². The normalized spacial score (nSPS) is 17.2. The molecule has 1 fully saturated rings. The molecule has 7 nitrogen and oxygen atoms in total. The maximum absolute atomic E-state index is 12.6. The number of nitrogens with zero attached hydrogens (tertiary/aromatic N) is 4. The lowest BCUT2D eigenvalue weighted by Crippen LogP contribution is -2.43. The zero-order valence-corrected chi connectivity index (χ0v) is 19.4. The molecular formula is C28H26N4O3. The van der Waals surface area contributed by atoms with Gasteiger partial charge in [0.1, 0.15) is 11.7 Å². The van der Waals surface area contributed by atoms with Gasteiger partial charge in [-0.1, -0.05) is 102 Å². The Labute approximate surface area is 204 Å². The highest BCUT2D eigenvalue weighted by atomic mass is 16.6. The van der Waals surface area contributed by atoms with E-state index in [0.717, 1.165) is 16.7 Å². The van der Waals surface area contributed by atoms with E-state index >= 15 is 0 Å². The minimum absolute atomic E-state index is 0.0661. The Morgan fingerprint density at radius 2 is 1.49 bits per heavy atom. The van der Waals surface area contributed by atoms with E-state index in [4.69, 9.17) is 15.0 Å². The Balaban J connectivity index is 1.76. The largest absolute Gasteiger partial charge is 0.441 e. The van der Waals surface area contributed by atoms with Gasteiger partial charge in [0.05, 0.1) is 25.7 Å². The number of cyclic esters (lactones) is 1. The first kappa shape index (κ1) is 23.9. The van der Waals surface area contributed by atoms with Crippen LogP contribution in [-0.4, -0.2) is 42.8 Å². The minimum atomic E-state index is -0.949. The van der Waals surface area contributed by atoms with Gasteiger partial charge in [-0.15, -0.1) is 5.92 Å². The van der Waals surface area contributed by atoms with E-state index < -0.39 is 23.8 Å². The molecule has 1 saturated heterocycles. The predicted octanol–water partition coefficient (Wildman–Crippen LogP) is 5.52. The average molecular weight is 467 g/mol. The number of hydrogen-bond donors (Lipinski definition) is 0. The third-order valence-electron chi connectivity index (χ3n) is 6.08. The van der Waals surface area contributed by atoms with Gasteiger partial charge in [-0.25, -0.2) is 4.79 Å². The third-order valence-corrected chi connectivity index (χ3v) is 6.08. The summed E-state index contributed by atoms with van der Waals surface area (Å²) in [7, 11) is 0. The highest BCUT2D eigenvalue weighted by molar-refractivity contribution is 5.71. The van der Waals surface area contributed by atoms with Crippen molar-refractivity contribution in [2.45, 2.75) is 24.7 Å². The first-order chi connectivity index (χ1) is 17.2. The smallest absolute Gasteiger partial charge is 0.411 e. The Hall–Kier alpha value is -4.24. The number of carbonyl (C=O) groups excluding carboxylic acids is 1. The summed E-state index contributed by atoms with van der Waals surface area (Å²) in [4.78, 5) is 17.0. The van der Waals surface area contributed by atoms with Gasteiger partial charge < -0.3 is 9.47 Å². The van der Waals surface area contributed by atoms with E-state index in [-0.39, 0.29) is 19.7 Å². The van der Waals surface area contributed by atoms with Gasteiger partial charge >= 0.3 is 6.09 Å². The van der Waals surface area contributed by atoms with Gasteiger partial charge in [0, 0.05) is 4.91 Å². The summed E-state index contributed by atoms with van der Waals surface area (Å²) >= 11 is 0. The van der Waals surface area contributed by atoms with Gasteiger partial charge in [-0.3, -0.25) is 4.90 Å². The van der Waals surface area contributed by atoms with Gasteiger partial charge in [0.15, 0.2) is 0 Å². The number of azide groups is 1. The second-order valence-electron chi connectivity index (χ2n) is 8.05. The molecule has 35 heavy (non-hydrogen) atoms. The van der Waals surface area contributed by atoms with Crippen molar-refractivity contribution in [3.8, 4) is 11.8 Å². The number of benzene rings is 3. The fourth-order valence-corrected chi connectivity index (χ4v) is 4.41. The third kappa shape index (κ3) is 4.99. The van der Waals surface area contributed by atoms with Crippen LogP contribution in [0, 0.1) is 11.8 Å². The first-order valence-corrected chi connectivity index (χ1v) is 11.4. The zero-order chi connectivity index (χ0) is 24.5. The van der Waals surface area contributed by atoms with Crippen molar-refractivity contribution in [1.29, 1.82) is 0 Å². The molecule has 0 spiro atoms. The zero-order valence-electron chi connectivity index (χ0n) is 19.4. The molecule has 176 valence electrons. The van der Waals surface area contributed by atoms with Crippen molar-refractivity contribution in [3.05, 3.63) is 118 Å².